The molecule has 19 heavy (non-hydrogen) atoms. The summed E-state index contributed by atoms with van der Waals surface area (Å²) in [5, 5.41) is 5.77. The zero-order valence-electron chi connectivity index (χ0n) is 10.2. The first-order chi connectivity index (χ1) is 8.63. The van der Waals surface area contributed by atoms with Crippen LogP contribution in [0.1, 0.15) is 12.8 Å². The maximum Gasteiger partial charge on any atom is 0.246 e. The zero-order chi connectivity index (χ0) is 13.0. The van der Waals surface area contributed by atoms with Crippen LogP contribution in [0.4, 0.5) is 5.69 Å². The van der Waals surface area contributed by atoms with Crippen LogP contribution in [0, 0.1) is 0 Å². The van der Waals surface area contributed by atoms with Crippen LogP contribution in [0.25, 0.3) is 0 Å². The molecule has 1 aliphatic rings. The number of benzene rings is 1. The van der Waals surface area contributed by atoms with Gasteiger partial charge in [-0.15, -0.1) is 24.0 Å². The highest BCUT2D eigenvalue weighted by Gasteiger charge is 2.21. The van der Waals surface area contributed by atoms with Crippen molar-refractivity contribution in [1.29, 1.82) is 0 Å². The van der Waals surface area contributed by atoms with Gasteiger partial charge in [0.1, 0.15) is 6.54 Å². The van der Waals surface area contributed by atoms with Crippen LogP contribution in [-0.2, 0) is 4.79 Å². The van der Waals surface area contributed by atoms with Crippen LogP contribution in [-0.4, -0.2) is 24.5 Å². The quantitative estimate of drug-likeness (QED) is 0.382. The highest BCUT2D eigenvalue weighted by Crippen LogP contribution is 2.18. The molecule has 5 nitrogen and oxygen atoms in total. The minimum atomic E-state index is -0.186. The molecule has 0 radical (unpaired) electrons. The second-order valence-corrected chi connectivity index (χ2v) is 5.09. The molecule has 1 amide bonds. The Bertz CT molecular complexity index is 477. The molecular formula is C12H16BrIN4O. The molecule has 7 heteroatoms. The third-order valence-corrected chi connectivity index (χ3v) is 2.92. The van der Waals surface area contributed by atoms with Crippen LogP contribution in [0.15, 0.2) is 33.7 Å². The van der Waals surface area contributed by atoms with Crippen LogP contribution >= 0.6 is 39.9 Å². The van der Waals surface area contributed by atoms with Crippen LogP contribution in [0.5, 0.6) is 0 Å². The predicted molar refractivity (Wildman–Crippen MR) is 90.8 cm³/mol. The van der Waals surface area contributed by atoms with Crippen molar-refractivity contribution >= 4 is 57.5 Å². The van der Waals surface area contributed by atoms with Gasteiger partial charge in [-0.1, -0.05) is 22.0 Å². The lowest BCUT2D eigenvalue weighted by molar-refractivity contribution is -0.114. The predicted octanol–water partition coefficient (Wildman–Crippen LogP) is 2.07. The van der Waals surface area contributed by atoms with E-state index < -0.39 is 0 Å². The van der Waals surface area contributed by atoms with Crippen molar-refractivity contribution in [3.8, 4) is 0 Å². The molecule has 0 bridgehead atoms. The molecule has 0 aromatic heterocycles. The van der Waals surface area contributed by atoms with Gasteiger partial charge in [-0.25, -0.2) is 4.99 Å². The first-order valence-corrected chi connectivity index (χ1v) is 6.54. The Kier molecular flexibility index (Phi) is 6.56. The summed E-state index contributed by atoms with van der Waals surface area (Å²) in [5.74, 6) is 0.149. The van der Waals surface area contributed by atoms with Crippen LogP contribution in [0.2, 0.25) is 0 Å². The molecule has 0 aliphatic heterocycles. The SMILES string of the molecule is I.NC(=NCC(=O)Nc1cccc(Br)c1)NC1CC1. The number of guanidine groups is 1. The Balaban J connectivity index is 0.00000180. The van der Waals surface area contributed by atoms with E-state index in [2.05, 4.69) is 31.6 Å². The first-order valence-electron chi connectivity index (χ1n) is 5.75. The summed E-state index contributed by atoms with van der Waals surface area (Å²) in [7, 11) is 0. The van der Waals surface area contributed by atoms with E-state index in [0.29, 0.717) is 12.0 Å². The summed E-state index contributed by atoms with van der Waals surface area (Å²) in [5.41, 5.74) is 6.37. The van der Waals surface area contributed by atoms with Gasteiger partial charge in [0.2, 0.25) is 5.91 Å². The van der Waals surface area contributed by atoms with Gasteiger partial charge in [0.25, 0.3) is 0 Å². The fourth-order valence-electron chi connectivity index (χ4n) is 1.41. The number of anilines is 1. The molecule has 104 valence electrons. The number of halogens is 2. The number of nitrogens with zero attached hydrogens (tertiary/aromatic N) is 1. The molecule has 0 spiro atoms. The average Bonchev–Trinajstić information content (AvgIpc) is 3.10. The lowest BCUT2D eigenvalue weighted by atomic mass is 10.3. The number of rotatable bonds is 4. The number of nitrogens with one attached hydrogen (secondary N) is 2. The lowest BCUT2D eigenvalue weighted by Gasteiger charge is -2.05. The Hall–Kier alpha value is -0.830. The monoisotopic (exact) mass is 438 g/mol. The molecular weight excluding hydrogens is 423 g/mol. The molecule has 2 rings (SSSR count). The fourth-order valence-corrected chi connectivity index (χ4v) is 1.81. The van der Waals surface area contributed by atoms with E-state index in [4.69, 9.17) is 5.73 Å². The summed E-state index contributed by atoms with van der Waals surface area (Å²) in [6.45, 7) is 0.0259. The molecule has 0 unspecified atom stereocenters. The van der Waals surface area contributed by atoms with E-state index in [1.807, 2.05) is 24.3 Å². The number of hydrogen-bond acceptors (Lipinski definition) is 2. The minimum absolute atomic E-state index is 0. The molecule has 1 aromatic rings. The van der Waals surface area contributed by atoms with Gasteiger partial charge in [0.15, 0.2) is 5.96 Å². The van der Waals surface area contributed by atoms with Gasteiger partial charge in [0, 0.05) is 16.2 Å². The third kappa shape index (κ3) is 6.24. The largest absolute Gasteiger partial charge is 0.370 e. The maximum atomic E-state index is 11.6. The topological polar surface area (TPSA) is 79.5 Å². The van der Waals surface area contributed by atoms with Gasteiger partial charge in [0.05, 0.1) is 0 Å². The normalized spacial score (nSPS) is 14.5. The Labute approximate surface area is 137 Å². The standard InChI is InChI=1S/C12H15BrN4O.HI/c13-8-2-1-3-10(6-8)16-11(18)7-15-12(14)17-9-4-5-9;/h1-3,6,9H,4-5,7H2,(H,16,18)(H3,14,15,17);1H. The Morgan fingerprint density at radius 3 is 2.84 bits per heavy atom. The Morgan fingerprint density at radius 1 is 1.47 bits per heavy atom. The number of carbonyl (C=O) groups excluding carboxylic acids is 1. The van der Waals surface area contributed by atoms with Crippen molar-refractivity contribution in [2.24, 2.45) is 10.7 Å². The molecule has 1 aromatic carbocycles. The van der Waals surface area contributed by atoms with Crippen LogP contribution in [0.3, 0.4) is 0 Å². The third-order valence-electron chi connectivity index (χ3n) is 2.43. The van der Waals surface area contributed by atoms with Gasteiger partial charge in [-0.2, -0.15) is 0 Å². The zero-order valence-corrected chi connectivity index (χ0v) is 14.1. The van der Waals surface area contributed by atoms with E-state index in [1.54, 1.807) is 0 Å². The van der Waals surface area contributed by atoms with Crippen LogP contribution < -0.4 is 16.4 Å². The highest BCUT2D eigenvalue weighted by atomic mass is 127. The lowest BCUT2D eigenvalue weighted by Crippen LogP contribution is -2.34. The van der Waals surface area contributed by atoms with Crippen molar-refractivity contribution in [3.63, 3.8) is 0 Å². The number of aliphatic imine (C=N–C) groups is 1. The molecule has 4 N–H and O–H groups in total. The van der Waals surface area contributed by atoms with E-state index in [1.165, 1.54) is 0 Å². The summed E-state index contributed by atoms with van der Waals surface area (Å²) in [6.07, 6.45) is 2.25. The molecule has 1 aliphatic carbocycles. The number of carbonyl (C=O) groups is 1. The summed E-state index contributed by atoms with van der Waals surface area (Å²) < 4.78 is 0.915. The summed E-state index contributed by atoms with van der Waals surface area (Å²) in [4.78, 5) is 15.6. The fraction of sp³-hybridized carbons (Fsp3) is 0.333. The molecule has 1 saturated carbocycles. The number of amides is 1. The van der Waals surface area contributed by atoms with Crippen molar-refractivity contribution in [1.82, 2.24) is 5.32 Å². The second kappa shape index (κ2) is 7.68. The first kappa shape index (κ1) is 16.2. The number of hydrogen-bond donors (Lipinski definition) is 3. The molecule has 0 saturated heterocycles. The number of nitrogens with two attached hydrogens (primary N) is 1. The second-order valence-electron chi connectivity index (χ2n) is 4.18. The molecule has 0 atom stereocenters. The van der Waals surface area contributed by atoms with Crippen molar-refractivity contribution in [2.45, 2.75) is 18.9 Å². The summed E-state index contributed by atoms with van der Waals surface area (Å²) >= 11 is 3.34. The maximum absolute atomic E-state index is 11.6. The van der Waals surface area contributed by atoms with Gasteiger partial charge >= 0.3 is 0 Å². The molecule has 1 fully saturated rings. The smallest absolute Gasteiger partial charge is 0.246 e. The Morgan fingerprint density at radius 2 is 2.21 bits per heavy atom. The van der Waals surface area contributed by atoms with E-state index in [0.717, 1.165) is 23.0 Å². The highest BCUT2D eigenvalue weighted by molar-refractivity contribution is 14.0. The van der Waals surface area contributed by atoms with E-state index in [-0.39, 0.29) is 36.4 Å². The minimum Gasteiger partial charge on any atom is -0.370 e. The van der Waals surface area contributed by atoms with E-state index >= 15 is 0 Å². The molecule has 0 heterocycles. The van der Waals surface area contributed by atoms with Crippen molar-refractivity contribution in [3.05, 3.63) is 28.7 Å². The van der Waals surface area contributed by atoms with Crippen molar-refractivity contribution < 1.29 is 4.79 Å². The summed E-state index contributed by atoms with van der Waals surface area (Å²) in [6, 6.07) is 7.84. The average molecular weight is 439 g/mol. The van der Waals surface area contributed by atoms with Crippen molar-refractivity contribution in [2.75, 3.05) is 11.9 Å². The van der Waals surface area contributed by atoms with Gasteiger partial charge in [-0.05, 0) is 31.0 Å². The van der Waals surface area contributed by atoms with Gasteiger partial charge < -0.3 is 16.4 Å². The van der Waals surface area contributed by atoms with E-state index in [9.17, 15) is 4.79 Å². The van der Waals surface area contributed by atoms with Gasteiger partial charge in [-0.3, -0.25) is 4.79 Å².